The maximum absolute atomic E-state index is 12.4. The fourth-order valence-electron chi connectivity index (χ4n) is 2.43. The van der Waals surface area contributed by atoms with Crippen LogP contribution in [0.25, 0.3) is 0 Å². The van der Waals surface area contributed by atoms with Crippen LogP contribution in [-0.4, -0.2) is 53.9 Å². The molecule has 1 aliphatic rings. The minimum atomic E-state index is -0.197. The quantitative estimate of drug-likeness (QED) is 0.833. The predicted molar refractivity (Wildman–Crippen MR) is 103 cm³/mol. The van der Waals surface area contributed by atoms with Crippen LogP contribution >= 0.6 is 24.2 Å². The van der Waals surface area contributed by atoms with Gasteiger partial charge < -0.3 is 15.5 Å². The first kappa shape index (κ1) is 20.8. The molecule has 2 amide bonds. The van der Waals surface area contributed by atoms with Crippen LogP contribution in [0.15, 0.2) is 24.3 Å². The van der Waals surface area contributed by atoms with E-state index in [0.717, 1.165) is 43.9 Å². The molecule has 7 heteroatoms. The van der Waals surface area contributed by atoms with Crippen molar-refractivity contribution in [3.63, 3.8) is 0 Å². The molecule has 134 valence electrons. The highest BCUT2D eigenvalue weighted by molar-refractivity contribution is 8.01. The van der Waals surface area contributed by atoms with E-state index in [1.165, 1.54) is 11.8 Å². The van der Waals surface area contributed by atoms with Crippen molar-refractivity contribution in [3.8, 4) is 0 Å². The summed E-state index contributed by atoms with van der Waals surface area (Å²) >= 11 is 1.39. The van der Waals surface area contributed by atoms with Gasteiger partial charge in [0.15, 0.2) is 0 Å². The number of carbonyl (C=O) groups excluding carboxylic acids is 2. The van der Waals surface area contributed by atoms with Gasteiger partial charge in [-0.1, -0.05) is 17.7 Å². The number of nitrogens with one attached hydrogen (secondary N) is 2. The van der Waals surface area contributed by atoms with Crippen molar-refractivity contribution in [3.05, 3.63) is 29.8 Å². The number of anilines is 1. The van der Waals surface area contributed by atoms with Gasteiger partial charge in [-0.15, -0.1) is 24.2 Å². The molecule has 1 fully saturated rings. The summed E-state index contributed by atoms with van der Waals surface area (Å²) in [6.45, 7) is 7.24. The molecule has 0 spiro atoms. The van der Waals surface area contributed by atoms with Crippen LogP contribution in [0.1, 0.15) is 18.9 Å². The second kappa shape index (κ2) is 10.6. The van der Waals surface area contributed by atoms with Gasteiger partial charge >= 0.3 is 0 Å². The zero-order valence-corrected chi connectivity index (χ0v) is 15.8. The van der Waals surface area contributed by atoms with Crippen molar-refractivity contribution < 1.29 is 9.59 Å². The molecular formula is C17H26ClN3O2S. The van der Waals surface area contributed by atoms with Crippen LogP contribution < -0.4 is 10.6 Å². The second-order valence-corrected chi connectivity index (χ2v) is 7.13. The highest BCUT2D eigenvalue weighted by atomic mass is 35.5. The largest absolute Gasteiger partial charge is 0.340 e. The minimum absolute atomic E-state index is 0. The van der Waals surface area contributed by atoms with E-state index in [2.05, 4.69) is 10.6 Å². The highest BCUT2D eigenvalue weighted by Gasteiger charge is 2.22. The fourth-order valence-corrected chi connectivity index (χ4v) is 3.19. The number of rotatable bonds is 5. The molecule has 0 aromatic heterocycles. The Labute approximate surface area is 154 Å². The van der Waals surface area contributed by atoms with Gasteiger partial charge in [-0.2, -0.15) is 0 Å². The lowest BCUT2D eigenvalue weighted by Gasteiger charge is -2.23. The summed E-state index contributed by atoms with van der Waals surface area (Å²) in [4.78, 5) is 26.3. The average Bonchev–Trinajstić information content (AvgIpc) is 2.83. The van der Waals surface area contributed by atoms with E-state index in [-0.39, 0.29) is 35.2 Å². The third kappa shape index (κ3) is 6.71. The smallest absolute Gasteiger partial charge is 0.235 e. The molecule has 0 radical (unpaired) electrons. The third-order valence-corrected chi connectivity index (χ3v) is 4.93. The van der Waals surface area contributed by atoms with E-state index in [1.54, 1.807) is 0 Å². The molecule has 1 atom stereocenters. The Bertz CT molecular complexity index is 531. The number of nitrogens with zero attached hydrogens (tertiary/aromatic N) is 1. The van der Waals surface area contributed by atoms with Crippen molar-refractivity contribution in [1.29, 1.82) is 0 Å². The van der Waals surface area contributed by atoms with E-state index < -0.39 is 0 Å². The minimum Gasteiger partial charge on any atom is -0.340 e. The summed E-state index contributed by atoms with van der Waals surface area (Å²) in [6, 6.07) is 7.69. The molecule has 1 aliphatic heterocycles. The SMILES string of the molecule is Cc1ccc(NC(=O)CSC(C)C(=O)N2CCCNCC2)cc1.Cl. The summed E-state index contributed by atoms with van der Waals surface area (Å²) in [5.74, 6) is 0.338. The highest BCUT2D eigenvalue weighted by Crippen LogP contribution is 2.15. The standard InChI is InChI=1S/C17H25N3O2S.ClH/c1-13-4-6-15(7-5-13)19-16(21)12-23-14(2)17(22)20-10-3-8-18-9-11-20;/h4-7,14,18H,3,8-12H2,1-2H3,(H,19,21);1H. The lowest BCUT2D eigenvalue weighted by Crippen LogP contribution is -2.39. The van der Waals surface area contributed by atoms with Crippen molar-refractivity contribution in [2.75, 3.05) is 37.2 Å². The zero-order valence-electron chi connectivity index (χ0n) is 14.2. The van der Waals surface area contributed by atoms with Crippen LogP contribution in [0, 0.1) is 6.92 Å². The van der Waals surface area contributed by atoms with Gasteiger partial charge in [0.1, 0.15) is 0 Å². The first-order valence-corrected chi connectivity index (χ1v) is 9.09. The number of thioether (sulfide) groups is 1. The summed E-state index contributed by atoms with van der Waals surface area (Å²) in [6.07, 6.45) is 0.983. The van der Waals surface area contributed by atoms with E-state index in [1.807, 2.05) is 43.0 Å². The number of carbonyl (C=O) groups is 2. The molecule has 0 bridgehead atoms. The van der Waals surface area contributed by atoms with Gasteiger partial charge in [-0.3, -0.25) is 9.59 Å². The fraction of sp³-hybridized carbons (Fsp3) is 0.529. The molecule has 1 heterocycles. The molecule has 2 rings (SSSR count). The van der Waals surface area contributed by atoms with Crippen molar-refractivity contribution >= 4 is 41.7 Å². The molecule has 0 saturated carbocycles. The van der Waals surface area contributed by atoms with Crippen molar-refractivity contribution in [2.45, 2.75) is 25.5 Å². The first-order valence-electron chi connectivity index (χ1n) is 8.04. The molecule has 1 unspecified atom stereocenters. The number of hydrogen-bond donors (Lipinski definition) is 2. The van der Waals surface area contributed by atoms with Gasteiger partial charge in [-0.05, 0) is 38.9 Å². The Balaban J connectivity index is 0.00000288. The van der Waals surface area contributed by atoms with Crippen LogP contribution in [0.2, 0.25) is 0 Å². The first-order chi connectivity index (χ1) is 11.1. The Morgan fingerprint density at radius 2 is 1.96 bits per heavy atom. The average molecular weight is 372 g/mol. The van der Waals surface area contributed by atoms with Gasteiger partial charge in [0.05, 0.1) is 11.0 Å². The molecular weight excluding hydrogens is 346 g/mol. The summed E-state index contributed by atoms with van der Waals surface area (Å²) in [5.41, 5.74) is 1.95. The second-order valence-electron chi connectivity index (χ2n) is 5.80. The number of halogens is 1. The number of amides is 2. The molecule has 5 nitrogen and oxygen atoms in total. The van der Waals surface area contributed by atoms with Gasteiger partial charge in [0, 0.05) is 25.3 Å². The Hall–Kier alpha value is -1.24. The molecule has 0 aliphatic carbocycles. The summed E-state index contributed by atoms with van der Waals surface area (Å²) in [7, 11) is 0. The topological polar surface area (TPSA) is 61.4 Å². The number of aryl methyl sites for hydroxylation is 1. The number of benzene rings is 1. The Morgan fingerprint density at radius 1 is 1.25 bits per heavy atom. The lowest BCUT2D eigenvalue weighted by atomic mass is 10.2. The van der Waals surface area contributed by atoms with Crippen LogP contribution in [0.4, 0.5) is 5.69 Å². The molecule has 1 aromatic carbocycles. The van der Waals surface area contributed by atoms with Crippen molar-refractivity contribution in [2.24, 2.45) is 0 Å². The maximum Gasteiger partial charge on any atom is 0.235 e. The Morgan fingerprint density at radius 3 is 2.67 bits per heavy atom. The van der Waals surface area contributed by atoms with E-state index >= 15 is 0 Å². The molecule has 1 aromatic rings. The molecule has 24 heavy (non-hydrogen) atoms. The van der Waals surface area contributed by atoms with Crippen molar-refractivity contribution in [1.82, 2.24) is 10.2 Å². The predicted octanol–water partition coefficient (Wildman–Crippen LogP) is 2.30. The monoisotopic (exact) mass is 371 g/mol. The van der Waals surface area contributed by atoms with E-state index in [0.29, 0.717) is 0 Å². The van der Waals surface area contributed by atoms with E-state index in [9.17, 15) is 9.59 Å². The summed E-state index contributed by atoms with van der Waals surface area (Å²) < 4.78 is 0. The van der Waals surface area contributed by atoms with Gasteiger partial charge in [0.2, 0.25) is 11.8 Å². The van der Waals surface area contributed by atoms with Gasteiger partial charge in [0.25, 0.3) is 0 Å². The molecule has 1 saturated heterocycles. The molecule has 2 N–H and O–H groups in total. The van der Waals surface area contributed by atoms with E-state index in [4.69, 9.17) is 0 Å². The maximum atomic E-state index is 12.4. The lowest BCUT2D eigenvalue weighted by molar-refractivity contribution is -0.130. The van der Waals surface area contributed by atoms with Gasteiger partial charge in [-0.25, -0.2) is 0 Å². The van der Waals surface area contributed by atoms with Crippen LogP contribution in [0.3, 0.4) is 0 Å². The number of hydrogen-bond acceptors (Lipinski definition) is 4. The Kier molecular flexibility index (Phi) is 9.18. The normalized spacial score (nSPS) is 15.8. The summed E-state index contributed by atoms with van der Waals surface area (Å²) in [5, 5.41) is 5.95. The zero-order chi connectivity index (χ0) is 16.7. The van der Waals surface area contributed by atoms with Crippen LogP contribution in [-0.2, 0) is 9.59 Å². The third-order valence-electron chi connectivity index (χ3n) is 3.80. The van der Waals surface area contributed by atoms with Crippen LogP contribution in [0.5, 0.6) is 0 Å².